The van der Waals surface area contributed by atoms with E-state index in [2.05, 4.69) is 273 Å². The summed E-state index contributed by atoms with van der Waals surface area (Å²) in [6.07, 6.45) is 11.0. The van der Waals surface area contributed by atoms with Crippen molar-refractivity contribution < 1.29 is 0 Å². The van der Waals surface area contributed by atoms with Crippen molar-refractivity contribution in [2.45, 2.75) is 70.1 Å². The third-order valence-corrected chi connectivity index (χ3v) is 15.8. The molecule has 1 spiro atoms. The molecule has 12 rings (SSSR count). The Kier molecular flexibility index (Phi) is 9.94. The molecule has 0 unspecified atom stereocenters. The molecule has 8 aromatic carbocycles. The van der Waals surface area contributed by atoms with Crippen LogP contribution in [0.1, 0.15) is 110 Å². The standard InChI is InChI=1S/C51H45N.C15H14/c1-7-17-35(52(6)36-29-31-39-37-20-8-10-22-41(37)49(2,3)47(39)33-36)19-16-18-34-28-30-40-38-21-9-11-23-42(38)51(48(40)32-34)45-26-14-12-24-43(45)50(4,5)44-25-13-15-27-46(44)51;1-15(2)13-9-5-3-7-11(13)12-8-4-6-10-14(12)15/h7-33H,1-6H3;3-10H,1-2H3/b17-7-,18-16+,35-19+;. The first kappa shape index (κ1) is 42.4. The number of anilines is 1. The first-order valence-electron chi connectivity index (χ1n) is 24.0. The van der Waals surface area contributed by atoms with Gasteiger partial charge in [0.1, 0.15) is 0 Å². The molecule has 67 heavy (non-hydrogen) atoms. The molecule has 328 valence electrons. The SMILES string of the molecule is CC1(C)c2ccccc2-c2ccccc21.C\C=C/C(=C\C=C\c1ccc2c(c1)C1(c3ccccc3-2)c2ccccc2C(C)(C)c2ccccc21)N(C)c1ccc2c(c1)C(C)(C)c1ccccc1-2. The summed E-state index contributed by atoms with van der Waals surface area (Å²) in [5.74, 6) is 0. The summed E-state index contributed by atoms with van der Waals surface area (Å²) in [6.45, 7) is 16.1. The van der Waals surface area contributed by atoms with E-state index in [0.717, 1.165) is 5.70 Å². The average Bonchev–Trinajstić information content (AvgIpc) is 3.87. The lowest BCUT2D eigenvalue weighted by molar-refractivity contribution is 0.563. The minimum absolute atomic E-state index is 0.0349. The van der Waals surface area contributed by atoms with Crippen molar-refractivity contribution in [2.24, 2.45) is 0 Å². The molecule has 4 aliphatic rings. The van der Waals surface area contributed by atoms with E-state index in [1.807, 2.05) is 0 Å². The number of hydrogen-bond donors (Lipinski definition) is 0. The smallest absolute Gasteiger partial charge is 0.0719 e. The van der Waals surface area contributed by atoms with Crippen LogP contribution in [0.3, 0.4) is 0 Å². The molecule has 0 saturated heterocycles. The molecule has 0 bridgehead atoms. The highest BCUT2D eigenvalue weighted by atomic mass is 15.1. The van der Waals surface area contributed by atoms with E-state index < -0.39 is 0 Å². The Morgan fingerprint density at radius 3 is 1.30 bits per heavy atom. The zero-order chi connectivity index (χ0) is 46.3. The second-order valence-corrected chi connectivity index (χ2v) is 20.4. The van der Waals surface area contributed by atoms with Crippen LogP contribution in [0.4, 0.5) is 5.69 Å². The number of nitrogens with zero attached hydrogens (tertiary/aromatic N) is 1. The lowest BCUT2D eigenvalue weighted by Gasteiger charge is -2.46. The first-order valence-corrected chi connectivity index (χ1v) is 24.0. The molecule has 1 nitrogen and oxygen atoms in total. The lowest BCUT2D eigenvalue weighted by Crippen LogP contribution is -2.40. The molecular formula is C66H59N. The molecule has 4 aliphatic carbocycles. The van der Waals surface area contributed by atoms with Crippen molar-refractivity contribution in [3.05, 3.63) is 273 Å². The summed E-state index contributed by atoms with van der Waals surface area (Å²) in [5, 5.41) is 0. The fourth-order valence-electron chi connectivity index (χ4n) is 12.4. The van der Waals surface area contributed by atoms with Gasteiger partial charge in [0.25, 0.3) is 0 Å². The van der Waals surface area contributed by atoms with Crippen molar-refractivity contribution in [1.82, 2.24) is 0 Å². The normalized spacial score (nSPS) is 16.5. The van der Waals surface area contributed by atoms with Gasteiger partial charge in [-0.15, -0.1) is 0 Å². The van der Waals surface area contributed by atoms with Crippen LogP contribution in [0.5, 0.6) is 0 Å². The molecule has 8 aromatic rings. The van der Waals surface area contributed by atoms with E-state index in [1.165, 1.54) is 100 Å². The van der Waals surface area contributed by atoms with Crippen molar-refractivity contribution in [3.63, 3.8) is 0 Å². The summed E-state index contributed by atoms with van der Waals surface area (Å²) in [7, 11) is 2.17. The molecule has 0 heterocycles. The average molecular weight is 866 g/mol. The topological polar surface area (TPSA) is 3.24 Å². The predicted octanol–water partition coefficient (Wildman–Crippen LogP) is 16.6. The Labute approximate surface area is 398 Å². The Morgan fingerprint density at radius 2 is 0.776 bits per heavy atom. The molecule has 1 heteroatoms. The van der Waals surface area contributed by atoms with Gasteiger partial charge in [-0.05, 0) is 132 Å². The fourth-order valence-corrected chi connectivity index (χ4v) is 12.4. The first-order chi connectivity index (χ1) is 32.4. The molecule has 0 fully saturated rings. The van der Waals surface area contributed by atoms with E-state index in [1.54, 1.807) is 0 Å². The van der Waals surface area contributed by atoms with Crippen LogP contribution in [0.25, 0.3) is 39.5 Å². The van der Waals surface area contributed by atoms with Crippen molar-refractivity contribution >= 4 is 11.8 Å². The molecule has 0 saturated carbocycles. The third-order valence-electron chi connectivity index (χ3n) is 15.8. The van der Waals surface area contributed by atoms with Gasteiger partial charge in [-0.2, -0.15) is 0 Å². The highest BCUT2D eigenvalue weighted by molar-refractivity contribution is 5.89. The molecule has 0 amide bonds. The van der Waals surface area contributed by atoms with E-state index >= 15 is 0 Å². The van der Waals surface area contributed by atoms with Crippen LogP contribution in [0.15, 0.2) is 212 Å². The quantitative estimate of drug-likeness (QED) is 0.156. The number of likely N-dealkylation sites (N-methyl/N-ethyl adjacent to an activating group) is 1. The minimum Gasteiger partial charge on any atom is -0.345 e. The third kappa shape index (κ3) is 6.28. The van der Waals surface area contributed by atoms with Crippen LogP contribution in [-0.4, -0.2) is 7.05 Å². The van der Waals surface area contributed by atoms with Gasteiger partial charge < -0.3 is 4.90 Å². The minimum atomic E-state index is -0.383. The van der Waals surface area contributed by atoms with Crippen LogP contribution >= 0.6 is 0 Å². The summed E-state index contributed by atoms with van der Waals surface area (Å²) >= 11 is 0. The zero-order valence-electron chi connectivity index (χ0n) is 40.2. The van der Waals surface area contributed by atoms with Crippen LogP contribution in [-0.2, 0) is 21.7 Å². The fraction of sp³-hybridized carbons (Fsp3) is 0.182. The Bertz CT molecular complexity index is 3270. The van der Waals surface area contributed by atoms with Gasteiger partial charge in [0, 0.05) is 34.7 Å². The molecular weight excluding hydrogens is 807 g/mol. The summed E-state index contributed by atoms with van der Waals surface area (Å²) < 4.78 is 0. The predicted molar refractivity (Wildman–Crippen MR) is 284 cm³/mol. The van der Waals surface area contributed by atoms with Gasteiger partial charge in [0.05, 0.1) is 5.41 Å². The maximum atomic E-state index is 2.45. The molecule has 0 aromatic heterocycles. The summed E-state index contributed by atoms with van der Waals surface area (Å²) in [5.41, 5.74) is 25.3. The molecule has 0 aliphatic heterocycles. The second-order valence-electron chi connectivity index (χ2n) is 20.4. The van der Waals surface area contributed by atoms with Gasteiger partial charge in [0.15, 0.2) is 0 Å². The molecule has 0 N–H and O–H groups in total. The van der Waals surface area contributed by atoms with Gasteiger partial charge in [-0.25, -0.2) is 0 Å². The molecule has 0 atom stereocenters. The number of allylic oxidation sites excluding steroid dienone is 4. The van der Waals surface area contributed by atoms with E-state index in [0.29, 0.717) is 0 Å². The Balaban J connectivity index is 0.000000278. The van der Waals surface area contributed by atoms with Gasteiger partial charge in [-0.3, -0.25) is 0 Å². The summed E-state index contributed by atoms with van der Waals surface area (Å²) in [6, 6.07) is 67.7. The van der Waals surface area contributed by atoms with E-state index in [9.17, 15) is 0 Å². The van der Waals surface area contributed by atoms with E-state index in [-0.39, 0.29) is 21.7 Å². The molecule has 0 radical (unpaired) electrons. The second kappa shape index (κ2) is 15.7. The highest BCUT2D eigenvalue weighted by Gasteiger charge is 2.53. The van der Waals surface area contributed by atoms with Crippen LogP contribution in [0, 0.1) is 0 Å². The van der Waals surface area contributed by atoms with Crippen LogP contribution < -0.4 is 4.90 Å². The highest BCUT2D eigenvalue weighted by Crippen LogP contribution is 2.62. The number of rotatable bonds is 5. The Hall–Kier alpha value is -7.22. The number of fused-ring (bicyclic) bond motifs is 15. The van der Waals surface area contributed by atoms with Crippen molar-refractivity contribution in [2.75, 3.05) is 11.9 Å². The van der Waals surface area contributed by atoms with Gasteiger partial charge >= 0.3 is 0 Å². The monoisotopic (exact) mass is 865 g/mol. The summed E-state index contributed by atoms with van der Waals surface area (Å²) in [4.78, 5) is 2.30. The maximum absolute atomic E-state index is 2.45. The van der Waals surface area contributed by atoms with Crippen molar-refractivity contribution in [1.29, 1.82) is 0 Å². The Morgan fingerprint density at radius 1 is 0.388 bits per heavy atom. The van der Waals surface area contributed by atoms with Crippen molar-refractivity contribution in [3.8, 4) is 33.4 Å². The van der Waals surface area contributed by atoms with Gasteiger partial charge in [-0.1, -0.05) is 224 Å². The maximum Gasteiger partial charge on any atom is 0.0719 e. The largest absolute Gasteiger partial charge is 0.345 e. The zero-order valence-corrected chi connectivity index (χ0v) is 40.2. The number of hydrogen-bond acceptors (Lipinski definition) is 1. The van der Waals surface area contributed by atoms with Gasteiger partial charge in [0.2, 0.25) is 0 Å². The van der Waals surface area contributed by atoms with Crippen LogP contribution in [0.2, 0.25) is 0 Å². The lowest BCUT2D eigenvalue weighted by atomic mass is 9.55. The number of benzene rings is 8. The van der Waals surface area contributed by atoms with E-state index in [4.69, 9.17) is 0 Å².